The van der Waals surface area contributed by atoms with Gasteiger partial charge in [-0.15, -0.1) is 0 Å². The molecule has 4 heteroatoms. The number of piperidine rings is 1. The fraction of sp³-hybridized carbons (Fsp3) is 0.478. The van der Waals surface area contributed by atoms with Crippen LogP contribution in [-0.4, -0.2) is 36.9 Å². The van der Waals surface area contributed by atoms with Crippen LogP contribution in [-0.2, 0) is 19.3 Å². The summed E-state index contributed by atoms with van der Waals surface area (Å²) in [7, 11) is 0. The molecule has 2 heterocycles. The molecule has 1 atom stereocenters. The van der Waals surface area contributed by atoms with Crippen molar-refractivity contribution in [1.29, 1.82) is 0 Å². The van der Waals surface area contributed by atoms with Crippen molar-refractivity contribution in [3.05, 3.63) is 53.1 Å². The van der Waals surface area contributed by atoms with Gasteiger partial charge in [-0.3, -0.25) is 0 Å². The maximum Gasteiger partial charge on any atom is 0.145 e. The standard InChI is InChI=1S/C23H28N2O2/c26-21-7-6-17-13-20(14-18(17)15-21)24-19-8-10-25(11-9-19)22-5-1-3-16-4-2-12-27-23(16)22/h1,3,5-7,15,19-20,24,26H,2,4,8-14H2. The number of fused-ring (bicyclic) bond motifs is 2. The van der Waals surface area contributed by atoms with Gasteiger partial charge in [-0.25, -0.2) is 0 Å². The van der Waals surface area contributed by atoms with Crippen molar-refractivity contribution in [3.8, 4) is 11.5 Å². The van der Waals surface area contributed by atoms with Crippen molar-refractivity contribution in [3.63, 3.8) is 0 Å². The molecule has 142 valence electrons. The molecule has 0 bridgehead atoms. The Kier molecular flexibility index (Phi) is 4.44. The summed E-state index contributed by atoms with van der Waals surface area (Å²) in [5.74, 6) is 1.51. The lowest BCUT2D eigenvalue weighted by Crippen LogP contribution is -2.46. The highest BCUT2D eigenvalue weighted by molar-refractivity contribution is 5.62. The Hall–Kier alpha value is -2.20. The Morgan fingerprint density at radius 2 is 1.81 bits per heavy atom. The first-order chi connectivity index (χ1) is 13.3. The minimum atomic E-state index is 0.385. The van der Waals surface area contributed by atoms with Gasteiger partial charge in [0.15, 0.2) is 0 Å². The van der Waals surface area contributed by atoms with E-state index in [1.165, 1.54) is 35.2 Å². The fourth-order valence-electron chi connectivity index (χ4n) is 4.96. The average Bonchev–Trinajstić information content (AvgIpc) is 3.09. The summed E-state index contributed by atoms with van der Waals surface area (Å²) < 4.78 is 6.01. The van der Waals surface area contributed by atoms with Gasteiger partial charge in [-0.05, 0) is 73.4 Å². The number of para-hydroxylation sites is 1. The van der Waals surface area contributed by atoms with Crippen LogP contribution in [0.25, 0.3) is 0 Å². The number of hydrogen-bond acceptors (Lipinski definition) is 4. The summed E-state index contributed by atoms with van der Waals surface area (Å²) in [5, 5.41) is 13.6. The summed E-state index contributed by atoms with van der Waals surface area (Å²) in [5.41, 5.74) is 5.34. The summed E-state index contributed by atoms with van der Waals surface area (Å²) in [6.07, 6.45) is 6.71. The third-order valence-electron chi connectivity index (χ3n) is 6.34. The molecule has 1 saturated heterocycles. The number of hydrogen-bond donors (Lipinski definition) is 2. The lowest BCUT2D eigenvalue weighted by Gasteiger charge is -2.36. The number of aryl methyl sites for hydroxylation is 1. The van der Waals surface area contributed by atoms with Crippen molar-refractivity contribution in [2.45, 2.75) is 50.6 Å². The molecule has 2 aromatic carbocycles. The highest BCUT2D eigenvalue weighted by Gasteiger charge is 2.28. The van der Waals surface area contributed by atoms with Crippen molar-refractivity contribution in [2.24, 2.45) is 0 Å². The SMILES string of the molecule is Oc1ccc2c(c1)CC(NC1CCN(c3cccc4c3OCCC4)CC1)C2. The van der Waals surface area contributed by atoms with E-state index in [1.807, 2.05) is 12.1 Å². The molecular weight excluding hydrogens is 336 g/mol. The van der Waals surface area contributed by atoms with E-state index in [0.717, 1.165) is 51.1 Å². The largest absolute Gasteiger partial charge is 0.508 e. The molecule has 0 amide bonds. The molecule has 1 unspecified atom stereocenters. The van der Waals surface area contributed by atoms with E-state index in [9.17, 15) is 5.11 Å². The van der Waals surface area contributed by atoms with Crippen LogP contribution in [0.4, 0.5) is 5.69 Å². The monoisotopic (exact) mass is 364 g/mol. The third kappa shape index (κ3) is 3.39. The maximum atomic E-state index is 9.69. The molecule has 2 aliphatic heterocycles. The van der Waals surface area contributed by atoms with Crippen molar-refractivity contribution >= 4 is 5.69 Å². The average molecular weight is 364 g/mol. The molecule has 0 spiro atoms. The Bertz CT molecular complexity index is 827. The number of benzene rings is 2. The Balaban J connectivity index is 1.19. The molecule has 0 radical (unpaired) electrons. The van der Waals surface area contributed by atoms with Crippen LogP contribution in [0.5, 0.6) is 11.5 Å². The molecule has 1 fully saturated rings. The van der Waals surface area contributed by atoms with E-state index >= 15 is 0 Å². The predicted molar refractivity (Wildman–Crippen MR) is 108 cm³/mol. The fourth-order valence-corrected chi connectivity index (χ4v) is 4.96. The van der Waals surface area contributed by atoms with E-state index in [-0.39, 0.29) is 0 Å². The summed E-state index contributed by atoms with van der Waals surface area (Å²) in [4.78, 5) is 2.50. The number of ether oxygens (including phenoxy) is 1. The molecular formula is C23H28N2O2. The van der Waals surface area contributed by atoms with Gasteiger partial charge >= 0.3 is 0 Å². The van der Waals surface area contributed by atoms with Crippen molar-refractivity contribution < 1.29 is 9.84 Å². The van der Waals surface area contributed by atoms with Crippen LogP contribution in [0, 0.1) is 0 Å². The molecule has 2 N–H and O–H groups in total. The zero-order chi connectivity index (χ0) is 18.2. The number of aromatic hydroxyl groups is 1. The number of nitrogens with one attached hydrogen (secondary N) is 1. The van der Waals surface area contributed by atoms with Gasteiger partial charge in [0.1, 0.15) is 11.5 Å². The highest BCUT2D eigenvalue weighted by atomic mass is 16.5. The number of phenolic OH excluding ortho intramolecular Hbond substituents is 1. The van der Waals surface area contributed by atoms with Crippen LogP contribution in [0.1, 0.15) is 36.0 Å². The number of anilines is 1. The smallest absolute Gasteiger partial charge is 0.145 e. The number of rotatable bonds is 3. The zero-order valence-corrected chi connectivity index (χ0v) is 15.8. The van der Waals surface area contributed by atoms with E-state index < -0.39 is 0 Å². The van der Waals surface area contributed by atoms with E-state index in [1.54, 1.807) is 0 Å². The normalized spacial score (nSPS) is 22.2. The van der Waals surface area contributed by atoms with Gasteiger partial charge in [0.05, 0.1) is 12.3 Å². The lowest BCUT2D eigenvalue weighted by molar-refractivity contribution is 0.287. The van der Waals surface area contributed by atoms with Gasteiger partial charge in [0.25, 0.3) is 0 Å². The van der Waals surface area contributed by atoms with E-state index in [4.69, 9.17) is 4.74 Å². The predicted octanol–water partition coefficient (Wildman–Crippen LogP) is 3.44. The van der Waals surface area contributed by atoms with Crippen LogP contribution >= 0.6 is 0 Å². The van der Waals surface area contributed by atoms with Crippen molar-refractivity contribution in [2.75, 3.05) is 24.6 Å². The summed E-state index contributed by atoms with van der Waals surface area (Å²) in [6, 6.07) is 13.5. The summed E-state index contributed by atoms with van der Waals surface area (Å²) in [6.45, 7) is 3.01. The zero-order valence-electron chi connectivity index (χ0n) is 15.8. The number of nitrogens with zero attached hydrogens (tertiary/aromatic N) is 1. The Morgan fingerprint density at radius 3 is 2.70 bits per heavy atom. The highest BCUT2D eigenvalue weighted by Crippen LogP contribution is 2.37. The summed E-state index contributed by atoms with van der Waals surface area (Å²) >= 11 is 0. The first kappa shape index (κ1) is 16.9. The molecule has 1 aliphatic carbocycles. The first-order valence-electron chi connectivity index (χ1n) is 10.3. The Labute approximate surface area is 161 Å². The quantitative estimate of drug-likeness (QED) is 0.876. The van der Waals surface area contributed by atoms with Crippen LogP contribution in [0.2, 0.25) is 0 Å². The minimum absolute atomic E-state index is 0.385. The third-order valence-corrected chi connectivity index (χ3v) is 6.34. The molecule has 0 saturated carbocycles. The molecule has 0 aromatic heterocycles. The molecule has 4 nitrogen and oxygen atoms in total. The van der Waals surface area contributed by atoms with Crippen LogP contribution < -0.4 is 15.0 Å². The Morgan fingerprint density at radius 1 is 0.963 bits per heavy atom. The second kappa shape index (κ2) is 7.08. The van der Waals surface area contributed by atoms with Crippen LogP contribution in [0.3, 0.4) is 0 Å². The maximum absolute atomic E-state index is 9.69. The second-order valence-electron chi connectivity index (χ2n) is 8.20. The second-order valence-corrected chi connectivity index (χ2v) is 8.20. The van der Waals surface area contributed by atoms with E-state index in [2.05, 4.69) is 34.5 Å². The van der Waals surface area contributed by atoms with Gasteiger partial charge < -0.3 is 20.1 Å². The lowest BCUT2D eigenvalue weighted by atomic mass is 10.00. The molecule has 3 aliphatic rings. The first-order valence-corrected chi connectivity index (χ1v) is 10.3. The van der Waals surface area contributed by atoms with Crippen molar-refractivity contribution in [1.82, 2.24) is 5.32 Å². The molecule has 2 aromatic rings. The van der Waals surface area contributed by atoms with Crippen LogP contribution in [0.15, 0.2) is 36.4 Å². The van der Waals surface area contributed by atoms with Gasteiger partial charge in [0, 0.05) is 25.2 Å². The topological polar surface area (TPSA) is 44.7 Å². The van der Waals surface area contributed by atoms with Gasteiger partial charge in [-0.2, -0.15) is 0 Å². The van der Waals surface area contributed by atoms with Gasteiger partial charge in [0.2, 0.25) is 0 Å². The molecule has 5 rings (SSSR count). The van der Waals surface area contributed by atoms with E-state index in [0.29, 0.717) is 17.8 Å². The minimum Gasteiger partial charge on any atom is -0.508 e. The number of phenols is 1. The van der Waals surface area contributed by atoms with Gasteiger partial charge in [-0.1, -0.05) is 18.2 Å². The molecule has 27 heavy (non-hydrogen) atoms.